The second kappa shape index (κ2) is 7.43. The van der Waals surface area contributed by atoms with Gasteiger partial charge in [-0.1, -0.05) is 28.1 Å². The van der Waals surface area contributed by atoms with Gasteiger partial charge in [-0.05, 0) is 55.0 Å². The topological polar surface area (TPSA) is 44.5 Å². The maximum absolute atomic E-state index is 5.69. The Morgan fingerprint density at radius 3 is 2.38 bits per heavy atom. The van der Waals surface area contributed by atoms with Crippen LogP contribution in [0.2, 0.25) is 0 Å². The van der Waals surface area contributed by atoms with Crippen molar-refractivity contribution in [3.05, 3.63) is 58.1 Å². The largest absolute Gasteiger partial charge is 0.490 e. The number of hydrogen-bond acceptors (Lipinski definition) is 3. The molecule has 2 N–H and O–H groups in total. The van der Waals surface area contributed by atoms with Crippen molar-refractivity contribution in [2.75, 3.05) is 13.2 Å². The molecular weight excluding hydrogens is 350 g/mol. The molecule has 2 aromatic carbocycles. The molecule has 0 heterocycles. The van der Waals surface area contributed by atoms with Crippen LogP contribution < -0.4 is 15.2 Å². The number of benzene rings is 2. The van der Waals surface area contributed by atoms with Crippen LogP contribution in [-0.4, -0.2) is 18.2 Å². The van der Waals surface area contributed by atoms with Crippen LogP contribution in [-0.2, 0) is 0 Å². The van der Waals surface area contributed by atoms with Gasteiger partial charge in [0.2, 0.25) is 0 Å². The van der Waals surface area contributed by atoms with Crippen LogP contribution in [0, 0.1) is 6.92 Å². The minimum absolute atomic E-state index is 0.385. The summed E-state index contributed by atoms with van der Waals surface area (Å²) in [5.41, 5.74) is 7.46. The molecule has 0 bridgehead atoms. The van der Waals surface area contributed by atoms with Gasteiger partial charge >= 0.3 is 0 Å². The maximum Gasteiger partial charge on any atom is 0.122 e. The Morgan fingerprint density at radius 2 is 1.76 bits per heavy atom. The molecule has 5 heteroatoms. The van der Waals surface area contributed by atoms with Gasteiger partial charge in [0.25, 0.3) is 0 Å². The first-order valence-corrected chi connectivity index (χ1v) is 7.68. The van der Waals surface area contributed by atoms with Crippen LogP contribution in [0.5, 0.6) is 11.5 Å². The van der Waals surface area contributed by atoms with Crippen LogP contribution >= 0.6 is 28.1 Å². The zero-order valence-electron chi connectivity index (χ0n) is 11.6. The van der Waals surface area contributed by atoms with Crippen LogP contribution in [0.4, 0.5) is 0 Å². The van der Waals surface area contributed by atoms with Crippen molar-refractivity contribution >= 4 is 33.1 Å². The summed E-state index contributed by atoms with van der Waals surface area (Å²) in [5, 5.41) is 0. The molecule has 0 atom stereocenters. The summed E-state index contributed by atoms with van der Waals surface area (Å²) in [7, 11) is 0. The molecule has 3 nitrogen and oxygen atoms in total. The van der Waals surface area contributed by atoms with Crippen molar-refractivity contribution < 1.29 is 9.47 Å². The molecule has 0 saturated carbocycles. The highest BCUT2D eigenvalue weighted by Gasteiger charge is 2.01. The highest BCUT2D eigenvalue weighted by atomic mass is 79.9. The Bertz CT molecular complexity index is 629. The first kappa shape index (κ1) is 15.8. The molecule has 0 fully saturated rings. The normalized spacial score (nSPS) is 10.2. The van der Waals surface area contributed by atoms with Gasteiger partial charge in [-0.15, -0.1) is 0 Å². The Hall–Kier alpha value is -1.59. The third-order valence-corrected chi connectivity index (χ3v) is 3.61. The lowest BCUT2D eigenvalue weighted by atomic mass is 10.2. The van der Waals surface area contributed by atoms with Crippen LogP contribution in [0.3, 0.4) is 0 Å². The lowest BCUT2D eigenvalue weighted by Crippen LogP contribution is -2.11. The van der Waals surface area contributed by atoms with Gasteiger partial charge in [-0.3, -0.25) is 0 Å². The molecule has 0 spiro atoms. The fraction of sp³-hybridized carbons (Fsp3) is 0.188. The van der Waals surface area contributed by atoms with Crippen molar-refractivity contribution in [1.82, 2.24) is 0 Å². The lowest BCUT2D eigenvalue weighted by Gasteiger charge is -2.10. The lowest BCUT2D eigenvalue weighted by molar-refractivity contribution is 0.216. The van der Waals surface area contributed by atoms with E-state index in [1.165, 1.54) is 0 Å². The zero-order valence-corrected chi connectivity index (χ0v) is 14.0. The molecule has 0 amide bonds. The number of rotatable bonds is 6. The van der Waals surface area contributed by atoms with Crippen molar-refractivity contribution in [2.45, 2.75) is 6.92 Å². The van der Waals surface area contributed by atoms with E-state index < -0.39 is 0 Å². The molecule has 2 rings (SSSR count). The number of nitrogens with two attached hydrogens (primary N) is 1. The average molecular weight is 366 g/mol. The van der Waals surface area contributed by atoms with E-state index in [1.807, 2.05) is 49.4 Å². The quantitative estimate of drug-likeness (QED) is 0.623. The maximum atomic E-state index is 5.69. The molecule has 2 aromatic rings. The number of thiocarbonyl (C=S) groups is 1. The predicted octanol–water partition coefficient (Wildman–Crippen LogP) is 3.85. The zero-order chi connectivity index (χ0) is 15.2. The van der Waals surface area contributed by atoms with Crippen molar-refractivity contribution in [1.29, 1.82) is 0 Å². The van der Waals surface area contributed by atoms with E-state index in [0.717, 1.165) is 27.1 Å². The van der Waals surface area contributed by atoms with E-state index in [-0.39, 0.29) is 0 Å². The third kappa shape index (κ3) is 4.72. The van der Waals surface area contributed by atoms with E-state index in [0.29, 0.717) is 18.2 Å². The van der Waals surface area contributed by atoms with Crippen molar-refractivity contribution in [3.8, 4) is 11.5 Å². The van der Waals surface area contributed by atoms with Crippen molar-refractivity contribution in [2.24, 2.45) is 5.73 Å². The number of ether oxygens (including phenoxy) is 2. The molecule has 0 unspecified atom stereocenters. The van der Waals surface area contributed by atoms with E-state index in [1.54, 1.807) is 0 Å². The average Bonchev–Trinajstić information content (AvgIpc) is 2.46. The highest BCUT2D eigenvalue weighted by Crippen LogP contribution is 2.22. The first-order valence-electron chi connectivity index (χ1n) is 6.48. The Labute approximate surface area is 138 Å². The van der Waals surface area contributed by atoms with Gasteiger partial charge in [0, 0.05) is 10.0 Å². The monoisotopic (exact) mass is 365 g/mol. The van der Waals surface area contributed by atoms with Crippen LogP contribution in [0.1, 0.15) is 11.1 Å². The van der Waals surface area contributed by atoms with E-state index in [4.69, 9.17) is 27.4 Å². The van der Waals surface area contributed by atoms with Gasteiger partial charge in [-0.25, -0.2) is 0 Å². The Kier molecular flexibility index (Phi) is 5.59. The summed E-state index contributed by atoms with van der Waals surface area (Å²) in [5.74, 6) is 1.64. The van der Waals surface area contributed by atoms with E-state index in [9.17, 15) is 0 Å². The van der Waals surface area contributed by atoms with E-state index in [2.05, 4.69) is 15.9 Å². The molecule has 0 aliphatic rings. The second-order valence-electron chi connectivity index (χ2n) is 4.50. The van der Waals surface area contributed by atoms with Crippen LogP contribution in [0.15, 0.2) is 46.9 Å². The van der Waals surface area contributed by atoms with Gasteiger partial charge in [0.05, 0.1) is 0 Å². The first-order chi connectivity index (χ1) is 10.1. The Morgan fingerprint density at radius 1 is 1.10 bits per heavy atom. The summed E-state index contributed by atoms with van der Waals surface area (Å²) in [6, 6.07) is 13.3. The predicted molar refractivity (Wildman–Crippen MR) is 92.2 cm³/mol. The standard InChI is InChI=1S/C16H16BrNO2S/c1-11-10-13(17)4-7-15(11)20-9-8-19-14-5-2-12(3-6-14)16(18)21/h2-7,10H,8-9H2,1H3,(H2,18,21). The highest BCUT2D eigenvalue weighted by molar-refractivity contribution is 9.10. The summed E-state index contributed by atoms with van der Waals surface area (Å²) in [6.07, 6.45) is 0. The molecule has 0 radical (unpaired) electrons. The summed E-state index contributed by atoms with van der Waals surface area (Å²) < 4.78 is 12.3. The molecular formula is C16H16BrNO2S. The number of aryl methyl sites for hydroxylation is 1. The number of hydrogen-bond donors (Lipinski definition) is 1. The van der Waals surface area contributed by atoms with Crippen LogP contribution in [0.25, 0.3) is 0 Å². The van der Waals surface area contributed by atoms with E-state index >= 15 is 0 Å². The molecule has 0 saturated heterocycles. The van der Waals surface area contributed by atoms with Gasteiger partial charge in [0.15, 0.2) is 0 Å². The fourth-order valence-corrected chi connectivity index (χ4v) is 2.41. The fourth-order valence-electron chi connectivity index (χ4n) is 1.80. The molecule has 0 aromatic heterocycles. The van der Waals surface area contributed by atoms with Gasteiger partial charge in [0.1, 0.15) is 29.7 Å². The summed E-state index contributed by atoms with van der Waals surface area (Å²) >= 11 is 8.33. The molecule has 110 valence electrons. The molecule has 0 aliphatic heterocycles. The third-order valence-electron chi connectivity index (χ3n) is 2.89. The minimum atomic E-state index is 0.385. The minimum Gasteiger partial charge on any atom is -0.490 e. The van der Waals surface area contributed by atoms with Gasteiger partial charge in [-0.2, -0.15) is 0 Å². The second-order valence-corrected chi connectivity index (χ2v) is 5.85. The number of halogens is 1. The molecule has 21 heavy (non-hydrogen) atoms. The van der Waals surface area contributed by atoms with Gasteiger partial charge < -0.3 is 15.2 Å². The SMILES string of the molecule is Cc1cc(Br)ccc1OCCOc1ccc(C(N)=S)cc1. The summed E-state index contributed by atoms with van der Waals surface area (Å²) in [4.78, 5) is 0.385. The summed E-state index contributed by atoms with van der Waals surface area (Å²) in [6.45, 7) is 2.97. The van der Waals surface area contributed by atoms with Crippen molar-refractivity contribution in [3.63, 3.8) is 0 Å². The molecule has 0 aliphatic carbocycles. The smallest absolute Gasteiger partial charge is 0.122 e. The Balaban J connectivity index is 1.80.